The van der Waals surface area contributed by atoms with Crippen LogP contribution < -0.4 is 5.32 Å². The Morgan fingerprint density at radius 2 is 1.94 bits per heavy atom. The highest BCUT2D eigenvalue weighted by atomic mass is 16.2. The first-order valence-electron chi connectivity index (χ1n) is 6.73. The van der Waals surface area contributed by atoms with Crippen molar-refractivity contribution in [2.75, 3.05) is 13.1 Å². The van der Waals surface area contributed by atoms with Gasteiger partial charge in [0.25, 0.3) is 0 Å². The van der Waals surface area contributed by atoms with Gasteiger partial charge in [0.15, 0.2) is 0 Å². The normalized spacial score (nSPS) is 27.6. The third-order valence-electron chi connectivity index (χ3n) is 3.76. The Balaban J connectivity index is 1.81. The van der Waals surface area contributed by atoms with Gasteiger partial charge in [-0.15, -0.1) is 0 Å². The van der Waals surface area contributed by atoms with Gasteiger partial charge in [-0.05, 0) is 31.7 Å². The highest BCUT2D eigenvalue weighted by Gasteiger charge is 2.30. The first-order valence-corrected chi connectivity index (χ1v) is 6.73. The minimum Gasteiger partial charge on any atom is -0.314 e. The minimum absolute atomic E-state index is 0.0181. The van der Waals surface area contributed by atoms with Crippen LogP contribution in [-0.4, -0.2) is 35.8 Å². The molecule has 1 N–H and O–H groups in total. The van der Waals surface area contributed by atoms with Gasteiger partial charge < -0.3 is 5.32 Å². The fourth-order valence-electron chi connectivity index (χ4n) is 2.73. The topological polar surface area (TPSA) is 49.4 Å². The van der Waals surface area contributed by atoms with Crippen LogP contribution in [0.3, 0.4) is 0 Å². The van der Waals surface area contributed by atoms with Gasteiger partial charge in [-0.2, -0.15) is 0 Å². The van der Waals surface area contributed by atoms with Crippen LogP contribution in [0.25, 0.3) is 0 Å². The fraction of sp³-hybridized carbons (Fsp3) is 0.846. The maximum absolute atomic E-state index is 11.8. The summed E-state index contributed by atoms with van der Waals surface area (Å²) >= 11 is 0. The van der Waals surface area contributed by atoms with Crippen molar-refractivity contribution in [1.29, 1.82) is 0 Å². The summed E-state index contributed by atoms with van der Waals surface area (Å²) in [6, 6.07) is 0.490. The second kappa shape index (κ2) is 5.63. The van der Waals surface area contributed by atoms with Gasteiger partial charge in [-0.25, -0.2) is 0 Å². The molecule has 1 unspecified atom stereocenters. The second-order valence-electron chi connectivity index (χ2n) is 5.39. The van der Waals surface area contributed by atoms with Gasteiger partial charge in [0.1, 0.15) is 0 Å². The lowest BCUT2D eigenvalue weighted by molar-refractivity contribution is -0.149. The molecule has 0 aromatic rings. The summed E-state index contributed by atoms with van der Waals surface area (Å²) in [5, 5.41) is 3.45. The van der Waals surface area contributed by atoms with Crippen LogP contribution in [-0.2, 0) is 9.59 Å². The third-order valence-corrected chi connectivity index (χ3v) is 3.76. The predicted molar refractivity (Wildman–Crippen MR) is 65.4 cm³/mol. The zero-order valence-corrected chi connectivity index (χ0v) is 10.6. The van der Waals surface area contributed by atoms with E-state index in [2.05, 4.69) is 5.32 Å². The molecule has 0 saturated carbocycles. The number of piperidine rings is 2. The molecule has 2 amide bonds. The maximum atomic E-state index is 11.8. The minimum atomic E-state index is 0.0181. The molecule has 0 aromatic heterocycles. The maximum Gasteiger partial charge on any atom is 0.229 e. The van der Waals surface area contributed by atoms with Crippen LogP contribution in [0, 0.1) is 5.92 Å². The monoisotopic (exact) mass is 238 g/mol. The summed E-state index contributed by atoms with van der Waals surface area (Å²) in [5.41, 5.74) is 0. The molecule has 0 bridgehead atoms. The van der Waals surface area contributed by atoms with E-state index >= 15 is 0 Å². The molecule has 96 valence electrons. The SMILES string of the molecule is CC1CC(=O)N(CCC2CCCCN2)C(=O)C1. The molecular formula is C13H22N2O2. The summed E-state index contributed by atoms with van der Waals surface area (Å²) in [7, 11) is 0. The lowest BCUT2D eigenvalue weighted by Crippen LogP contribution is -2.45. The van der Waals surface area contributed by atoms with Crippen LogP contribution >= 0.6 is 0 Å². The Hall–Kier alpha value is -0.900. The number of hydrogen-bond donors (Lipinski definition) is 1. The van der Waals surface area contributed by atoms with Crippen LogP contribution in [0.1, 0.15) is 45.4 Å². The van der Waals surface area contributed by atoms with Crippen molar-refractivity contribution in [3.05, 3.63) is 0 Å². The summed E-state index contributed by atoms with van der Waals surface area (Å²) < 4.78 is 0. The zero-order valence-electron chi connectivity index (χ0n) is 10.6. The van der Waals surface area contributed by atoms with Crippen molar-refractivity contribution in [2.45, 2.75) is 51.5 Å². The number of nitrogens with one attached hydrogen (secondary N) is 1. The molecule has 4 nitrogen and oxygen atoms in total. The molecule has 4 heteroatoms. The fourth-order valence-corrected chi connectivity index (χ4v) is 2.73. The largest absolute Gasteiger partial charge is 0.314 e. The summed E-state index contributed by atoms with van der Waals surface area (Å²) in [5.74, 6) is 0.258. The van der Waals surface area contributed by atoms with Crippen molar-refractivity contribution in [3.63, 3.8) is 0 Å². The average Bonchev–Trinajstić information content (AvgIpc) is 2.29. The molecule has 2 aliphatic heterocycles. The summed E-state index contributed by atoms with van der Waals surface area (Å²) in [6.07, 6.45) is 5.65. The van der Waals surface area contributed by atoms with E-state index in [1.807, 2.05) is 6.92 Å². The molecule has 1 atom stereocenters. The molecule has 2 fully saturated rings. The van der Waals surface area contributed by atoms with Gasteiger partial charge in [-0.3, -0.25) is 14.5 Å². The summed E-state index contributed by atoms with van der Waals surface area (Å²) in [4.78, 5) is 25.0. The van der Waals surface area contributed by atoms with Gasteiger partial charge in [0.05, 0.1) is 0 Å². The first-order chi connectivity index (χ1) is 8.16. The highest BCUT2D eigenvalue weighted by molar-refractivity contribution is 5.97. The predicted octanol–water partition coefficient (Wildman–Crippen LogP) is 1.30. The number of carbonyl (C=O) groups is 2. The standard InChI is InChI=1S/C13H22N2O2/c1-10-8-12(16)15(13(17)9-10)7-5-11-4-2-3-6-14-11/h10-11,14H,2-9H2,1H3. The van der Waals surface area contributed by atoms with E-state index in [-0.39, 0.29) is 17.7 Å². The van der Waals surface area contributed by atoms with Crippen molar-refractivity contribution >= 4 is 11.8 Å². The average molecular weight is 238 g/mol. The second-order valence-corrected chi connectivity index (χ2v) is 5.39. The molecule has 2 rings (SSSR count). The molecule has 0 radical (unpaired) electrons. The molecule has 17 heavy (non-hydrogen) atoms. The number of carbonyl (C=O) groups excluding carboxylic acids is 2. The van der Waals surface area contributed by atoms with Crippen LogP contribution in [0.15, 0.2) is 0 Å². The van der Waals surface area contributed by atoms with Gasteiger partial charge in [-0.1, -0.05) is 13.3 Å². The smallest absolute Gasteiger partial charge is 0.229 e. The number of rotatable bonds is 3. The Kier molecular flexibility index (Phi) is 4.15. The number of nitrogens with zero attached hydrogens (tertiary/aromatic N) is 1. The van der Waals surface area contributed by atoms with E-state index in [0.717, 1.165) is 13.0 Å². The number of hydrogen-bond acceptors (Lipinski definition) is 3. The van der Waals surface area contributed by atoms with E-state index in [0.29, 0.717) is 25.4 Å². The van der Waals surface area contributed by atoms with Crippen LogP contribution in [0.5, 0.6) is 0 Å². The highest BCUT2D eigenvalue weighted by Crippen LogP contribution is 2.20. The molecule has 0 spiro atoms. The van der Waals surface area contributed by atoms with Gasteiger partial charge >= 0.3 is 0 Å². The number of amides is 2. The molecule has 0 aromatic carbocycles. The number of likely N-dealkylation sites (tertiary alicyclic amines) is 1. The Bertz CT molecular complexity index is 280. The lowest BCUT2D eigenvalue weighted by atomic mass is 9.96. The van der Waals surface area contributed by atoms with Crippen molar-refractivity contribution in [1.82, 2.24) is 10.2 Å². The quantitative estimate of drug-likeness (QED) is 0.754. The third kappa shape index (κ3) is 3.28. The van der Waals surface area contributed by atoms with E-state index in [1.165, 1.54) is 24.2 Å². The summed E-state index contributed by atoms with van der Waals surface area (Å²) in [6.45, 7) is 3.64. The molecule has 2 heterocycles. The van der Waals surface area contributed by atoms with E-state index < -0.39 is 0 Å². The number of imide groups is 1. The van der Waals surface area contributed by atoms with E-state index in [1.54, 1.807) is 0 Å². The van der Waals surface area contributed by atoms with Gasteiger partial charge in [0.2, 0.25) is 11.8 Å². The van der Waals surface area contributed by atoms with Crippen molar-refractivity contribution < 1.29 is 9.59 Å². The Morgan fingerprint density at radius 3 is 2.53 bits per heavy atom. The van der Waals surface area contributed by atoms with Crippen LogP contribution in [0.4, 0.5) is 0 Å². The van der Waals surface area contributed by atoms with E-state index in [9.17, 15) is 9.59 Å². The lowest BCUT2D eigenvalue weighted by Gasteiger charge is -2.30. The van der Waals surface area contributed by atoms with E-state index in [4.69, 9.17) is 0 Å². The molecule has 2 saturated heterocycles. The first kappa shape index (κ1) is 12.6. The van der Waals surface area contributed by atoms with Crippen molar-refractivity contribution in [3.8, 4) is 0 Å². The molecular weight excluding hydrogens is 216 g/mol. The molecule has 2 aliphatic rings. The Morgan fingerprint density at radius 1 is 1.24 bits per heavy atom. The zero-order chi connectivity index (χ0) is 12.3. The van der Waals surface area contributed by atoms with Crippen molar-refractivity contribution in [2.24, 2.45) is 5.92 Å². The van der Waals surface area contributed by atoms with Crippen LogP contribution in [0.2, 0.25) is 0 Å². The molecule has 0 aliphatic carbocycles. The van der Waals surface area contributed by atoms with Gasteiger partial charge in [0, 0.05) is 25.4 Å². The Labute approximate surface area is 103 Å².